The van der Waals surface area contributed by atoms with Gasteiger partial charge in [0.2, 0.25) is 10.0 Å². The van der Waals surface area contributed by atoms with Crippen LogP contribution in [0.15, 0.2) is 114 Å². The molecule has 4 rings (SSSR count). The Kier molecular flexibility index (Phi) is 8.84. The molecular weight excluding hydrogens is 508 g/mol. The van der Waals surface area contributed by atoms with E-state index in [1.807, 2.05) is 84.9 Å². The first-order chi connectivity index (χ1) is 18.6. The van der Waals surface area contributed by atoms with Gasteiger partial charge in [0.25, 0.3) is 5.91 Å². The zero-order valence-electron chi connectivity index (χ0n) is 22.5. The molecule has 4 aromatic carbocycles. The molecule has 0 saturated carbocycles. The smallest absolute Gasteiger partial charge is 0.258 e. The molecule has 7 heteroatoms. The second-order valence-electron chi connectivity index (χ2n) is 10.3. The molecule has 6 nitrogen and oxygen atoms in total. The lowest BCUT2D eigenvalue weighted by atomic mass is 9.87. The fourth-order valence-electron chi connectivity index (χ4n) is 4.06. The lowest BCUT2D eigenvalue weighted by Crippen LogP contribution is -2.34. The maximum absolute atomic E-state index is 13.4. The van der Waals surface area contributed by atoms with Gasteiger partial charge in [-0.25, -0.2) is 13.1 Å². The van der Waals surface area contributed by atoms with Crippen LogP contribution >= 0.6 is 0 Å². The lowest BCUT2D eigenvalue weighted by molar-refractivity contribution is 0.0986. The van der Waals surface area contributed by atoms with Crippen LogP contribution in [0.3, 0.4) is 0 Å². The number of nitrogens with one attached hydrogen (secondary N) is 1. The molecule has 0 heterocycles. The van der Waals surface area contributed by atoms with Gasteiger partial charge < -0.3 is 9.64 Å². The minimum atomic E-state index is -3.66. The standard InChI is InChI=1S/C32H34N2O4S/c1-32(2,3)26-15-21-30(22-16-26)39(36,37)33-23-10-24-34(31(35)25-11-6-4-7-12-25)27-17-19-29(20-18-27)38-28-13-8-5-9-14-28/h4-9,11-22,33H,10,23-24H2,1-3H3. The highest BCUT2D eigenvalue weighted by molar-refractivity contribution is 7.89. The van der Waals surface area contributed by atoms with Gasteiger partial charge in [-0.05, 0) is 78.1 Å². The number of carbonyl (C=O) groups excluding carboxylic acids is 1. The van der Waals surface area contributed by atoms with E-state index in [0.717, 1.165) is 11.3 Å². The quantitative estimate of drug-likeness (QED) is 0.224. The Morgan fingerprint density at radius 1 is 0.769 bits per heavy atom. The third-order valence-corrected chi connectivity index (χ3v) is 7.75. The van der Waals surface area contributed by atoms with E-state index >= 15 is 0 Å². The number of rotatable bonds is 10. The summed E-state index contributed by atoms with van der Waals surface area (Å²) < 4.78 is 34.2. The number of carbonyl (C=O) groups is 1. The number of hydrogen-bond donors (Lipinski definition) is 1. The van der Waals surface area contributed by atoms with Gasteiger partial charge in [-0.3, -0.25) is 4.79 Å². The third-order valence-electron chi connectivity index (χ3n) is 6.27. The molecule has 0 aliphatic heterocycles. The first-order valence-electron chi connectivity index (χ1n) is 12.9. The Bertz CT molecular complexity index is 1460. The highest BCUT2D eigenvalue weighted by atomic mass is 32.2. The fraction of sp³-hybridized carbons (Fsp3) is 0.219. The number of benzene rings is 4. The van der Waals surface area contributed by atoms with Gasteiger partial charge in [-0.15, -0.1) is 0 Å². The maximum Gasteiger partial charge on any atom is 0.258 e. The molecule has 0 saturated heterocycles. The molecule has 202 valence electrons. The normalized spacial score (nSPS) is 11.7. The van der Waals surface area contributed by atoms with E-state index in [1.165, 1.54) is 0 Å². The molecule has 0 radical (unpaired) electrons. The van der Waals surface area contributed by atoms with Crippen LogP contribution in [-0.4, -0.2) is 27.4 Å². The second kappa shape index (κ2) is 12.3. The van der Waals surface area contributed by atoms with Crippen molar-refractivity contribution >= 4 is 21.6 Å². The Hall–Kier alpha value is -3.94. The molecule has 39 heavy (non-hydrogen) atoms. The Morgan fingerprint density at radius 3 is 1.92 bits per heavy atom. The minimum absolute atomic E-state index is 0.0592. The predicted molar refractivity (Wildman–Crippen MR) is 156 cm³/mol. The summed E-state index contributed by atoms with van der Waals surface area (Å²) in [7, 11) is -3.66. The number of anilines is 1. The van der Waals surface area contributed by atoms with Crippen LogP contribution in [0, 0.1) is 0 Å². The summed E-state index contributed by atoms with van der Waals surface area (Å²) in [4.78, 5) is 15.3. The first-order valence-corrected chi connectivity index (χ1v) is 14.4. The van der Waals surface area contributed by atoms with Crippen molar-refractivity contribution < 1.29 is 17.9 Å². The van der Waals surface area contributed by atoms with Crippen molar-refractivity contribution in [1.82, 2.24) is 4.72 Å². The molecule has 4 aromatic rings. The van der Waals surface area contributed by atoms with E-state index in [9.17, 15) is 13.2 Å². The number of sulfonamides is 1. The highest BCUT2D eigenvalue weighted by Crippen LogP contribution is 2.26. The number of amides is 1. The summed E-state index contributed by atoms with van der Waals surface area (Å²) in [6, 6.07) is 32.8. The largest absolute Gasteiger partial charge is 0.457 e. The average Bonchev–Trinajstić information content (AvgIpc) is 2.94. The number of hydrogen-bond acceptors (Lipinski definition) is 4. The summed E-state index contributed by atoms with van der Waals surface area (Å²) in [5.41, 5.74) is 2.26. The van der Waals surface area contributed by atoms with E-state index in [2.05, 4.69) is 25.5 Å². The maximum atomic E-state index is 13.4. The lowest BCUT2D eigenvalue weighted by Gasteiger charge is -2.23. The van der Waals surface area contributed by atoms with Crippen LogP contribution in [0.1, 0.15) is 43.1 Å². The summed E-state index contributed by atoms with van der Waals surface area (Å²) in [5, 5.41) is 0. The summed E-state index contributed by atoms with van der Waals surface area (Å²) in [5.74, 6) is 1.22. The molecule has 0 atom stereocenters. The van der Waals surface area contributed by atoms with Crippen molar-refractivity contribution in [3.8, 4) is 11.5 Å². The summed E-state index contributed by atoms with van der Waals surface area (Å²) in [6.07, 6.45) is 0.431. The van der Waals surface area contributed by atoms with Gasteiger partial charge in [0.15, 0.2) is 0 Å². The predicted octanol–water partition coefficient (Wildman–Crippen LogP) is 6.79. The number of para-hydroxylation sites is 1. The highest BCUT2D eigenvalue weighted by Gasteiger charge is 2.20. The van der Waals surface area contributed by atoms with Gasteiger partial charge in [0.05, 0.1) is 4.90 Å². The van der Waals surface area contributed by atoms with Gasteiger partial charge in [-0.2, -0.15) is 0 Å². The van der Waals surface area contributed by atoms with Crippen molar-refractivity contribution in [1.29, 1.82) is 0 Å². The monoisotopic (exact) mass is 542 g/mol. The van der Waals surface area contributed by atoms with E-state index in [1.54, 1.807) is 29.2 Å². The molecule has 0 aliphatic rings. The molecule has 0 fully saturated rings. The third kappa shape index (κ3) is 7.56. The number of ether oxygens (including phenoxy) is 1. The molecular formula is C32H34N2O4S. The van der Waals surface area contributed by atoms with E-state index in [4.69, 9.17) is 4.74 Å². The molecule has 1 N–H and O–H groups in total. The van der Waals surface area contributed by atoms with Crippen molar-refractivity contribution in [2.24, 2.45) is 0 Å². The van der Waals surface area contributed by atoms with E-state index < -0.39 is 10.0 Å². The SMILES string of the molecule is CC(C)(C)c1ccc(S(=O)(=O)NCCCN(C(=O)c2ccccc2)c2ccc(Oc3ccccc3)cc2)cc1. The van der Waals surface area contributed by atoms with Gasteiger partial charge in [0.1, 0.15) is 11.5 Å². The Labute approximate surface area is 231 Å². The van der Waals surface area contributed by atoms with Gasteiger partial charge >= 0.3 is 0 Å². The topological polar surface area (TPSA) is 75.7 Å². The fourth-order valence-corrected chi connectivity index (χ4v) is 5.14. The average molecular weight is 543 g/mol. The van der Waals surface area contributed by atoms with Crippen LogP contribution in [0.2, 0.25) is 0 Å². The van der Waals surface area contributed by atoms with E-state index in [-0.39, 0.29) is 22.8 Å². The van der Waals surface area contributed by atoms with Crippen molar-refractivity contribution in [2.45, 2.75) is 37.5 Å². The molecule has 0 unspecified atom stereocenters. The molecule has 1 amide bonds. The molecule has 0 aliphatic carbocycles. The molecule has 0 spiro atoms. The van der Waals surface area contributed by atoms with Crippen molar-refractivity contribution in [2.75, 3.05) is 18.0 Å². The zero-order chi connectivity index (χ0) is 27.9. The zero-order valence-corrected chi connectivity index (χ0v) is 23.3. The first kappa shape index (κ1) is 28.1. The van der Waals surface area contributed by atoms with Crippen LogP contribution < -0.4 is 14.4 Å². The van der Waals surface area contributed by atoms with E-state index in [0.29, 0.717) is 30.0 Å². The Balaban J connectivity index is 1.44. The van der Waals surface area contributed by atoms with Crippen LogP contribution in [0.25, 0.3) is 0 Å². The van der Waals surface area contributed by atoms with Gasteiger partial charge in [0, 0.05) is 24.3 Å². The summed E-state index contributed by atoms with van der Waals surface area (Å²) in [6.45, 7) is 6.78. The van der Waals surface area contributed by atoms with Gasteiger partial charge in [-0.1, -0.05) is 69.3 Å². The second-order valence-corrected chi connectivity index (χ2v) is 12.0. The molecule has 0 bridgehead atoms. The van der Waals surface area contributed by atoms with Crippen molar-refractivity contribution in [3.05, 3.63) is 120 Å². The summed E-state index contributed by atoms with van der Waals surface area (Å²) >= 11 is 0. The van der Waals surface area contributed by atoms with Crippen LogP contribution in [-0.2, 0) is 15.4 Å². The Morgan fingerprint density at radius 2 is 1.33 bits per heavy atom. The number of nitrogens with zero attached hydrogens (tertiary/aromatic N) is 1. The minimum Gasteiger partial charge on any atom is -0.457 e. The molecule has 0 aromatic heterocycles. The van der Waals surface area contributed by atoms with Crippen LogP contribution in [0.5, 0.6) is 11.5 Å². The van der Waals surface area contributed by atoms with Crippen LogP contribution in [0.4, 0.5) is 5.69 Å². The van der Waals surface area contributed by atoms with Crippen molar-refractivity contribution in [3.63, 3.8) is 0 Å².